The fraction of sp³-hybridized carbons (Fsp3) is 0.846. The highest BCUT2D eigenvalue weighted by molar-refractivity contribution is 5.73. The van der Waals surface area contributed by atoms with Gasteiger partial charge in [-0.2, -0.15) is 0 Å². The lowest BCUT2D eigenvalue weighted by Crippen LogP contribution is -2.36. The number of aliphatic carboxylic acids is 1. The lowest BCUT2D eigenvalue weighted by molar-refractivity contribution is -0.137. The monoisotopic (exact) mass is 258 g/mol. The third-order valence-corrected chi connectivity index (χ3v) is 3.11. The van der Waals surface area contributed by atoms with Crippen LogP contribution in [0, 0.1) is 11.3 Å². The molecular formula is C13H26N2O3. The molecule has 0 aromatic rings. The molecule has 0 radical (unpaired) electrons. The van der Waals surface area contributed by atoms with Crippen LogP contribution in [0.4, 0.5) is 4.79 Å². The summed E-state index contributed by atoms with van der Waals surface area (Å²) in [6.45, 7) is 6.90. The molecule has 106 valence electrons. The van der Waals surface area contributed by atoms with Crippen molar-refractivity contribution in [2.24, 2.45) is 11.3 Å². The fourth-order valence-corrected chi connectivity index (χ4v) is 1.82. The highest BCUT2D eigenvalue weighted by Crippen LogP contribution is 2.32. The van der Waals surface area contributed by atoms with Gasteiger partial charge in [0, 0.05) is 27.1 Å². The molecule has 2 amide bonds. The van der Waals surface area contributed by atoms with Crippen LogP contribution in [0.3, 0.4) is 0 Å². The first-order valence-electron chi connectivity index (χ1n) is 6.31. The van der Waals surface area contributed by atoms with Gasteiger partial charge < -0.3 is 15.3 Å². The van der Waals surface area contributed by atoms with Crippen LogP contribution < -0.4 is 5.32 Å². The molecule has 0 saturated carbocycles. The maximum Gasteiger partial charge on any atom is 0.316 e. The van der Waals surface area contributed by atoms with Crippen molar-refractivity contribution in [3.8, 4) is 0 Å². The molecule has 1 atom stereocenters. The second-order valence-electron chi connectivity index (χ2n) is 5.91. The number of carbonyl (C=O) groups excluding carboxylic acids is 1. The number of carboxylic acids is 1. The number of rotatable bonds is 6. The van der Waals surface area contributed by atoms with E-state index in [0.29, 0.717) is 13.0 Å². The first-order valence-corrected chi connectivity index (χ1v) is 6.31. The van der Waals surface area contributed by atoms with Crippen molar-refractivity contribution in [1.82, 2.24) is 10.2 Å². The predicted octanol–water partition coefficient (Wildman–Crippen LogP) is 2.17. The molecule has 0 aliphatic carbocycles. The number of carbonyl (C=O) groups is 2. The van der Waals surface area contributed by atoms with Crippen LogP contribution in [0.15, 0.2) is 0 Å². The first-order chi connectivity index (χ1) is 8.14. The summed E-state index contributed by atoms with van der Waals surface area (Å²) >= 11 is 0. The molecule has 0 aromatic heterocycles. The molecule has 5 heteroatoms. The van der Waals surface area contributed by atoms with Crippen LogP contribution >= 0.6 is 0 Å². The summed E-state index contributed by atoms with van der Waals surface area (Å²) in [5.74, 6) is -0.474. The van der Waals surface area contributed by atoms with Gasteiger partial charge >= 0.3 is 12.0 Å². The van der Waals surface area contributed by atoms with Gasteiger partial charge in [-0.25, -0.2) is 4.79 Å². The first kappa shape index (κ1) is 16.7. The Kier molecular flexibility index (Phi) is 6.73. The molecule has 0 spiro atoms. The Balaban J connectivity index is 4.18. The van der Waals surface area contributed by atoms with Crippen molar-refractivity contribution in [2.45, 2.75) is 40.0 Å². The molecule has 0 aliphatic heterocycles. The molecule has 0 rings (SSSR count). The van der Waals surface area contributed by atoms with E-state index in [-0.39, 0.29) is 23.8 Å². The van der Waals surface area contributed by atoms with Crippen LogP contribution in [-0.4, -0.2) is 42.6 Å². The molecule has 5 nitrogen and oxygen atoms in total. The summed E-state index contributed by atoms with van der Waals surface area (Å²) in [7, 11) is 3.39. The summed E-state index contributed by atoms with van der Waals surface area (Å²) in [6, 6.07) is -0.110. The number of urea groups is 1. The van der Waals surface area contributed by atoms with Crippen molar-refractivity contribution < 1.29 is 14.7 Å². The van der Waals surface area contributed by atoms with Crippen molar-refractivity contribution in [3.05, 3.63) is 0 Å². The van der Waals surface area contributed by atoms with E-state index in [1.165, 1.54) is 4.90 Å². The zero-order valence-electron chi connectivity index (χ0n) is 12.1. The number of nitrogens with one attached hydrogen (secondary N) is 1. The van der Waals surface area contributed by atoms with Crippen molar-refractivity contribution in [1.29, 1.82) is 0 Å². The number of carboxylic acid groups (broad SMARTS) is 1. The molecule has 0 aromatic carbocycles. The van der Waals surface area contributed by atoms with Crippen molar-refractivity contribution in [2.75, 3.05) is 20.6 Å². The molecule has 1 unspecified atom stereocenters. The Labute approximate surface area is 110 Å². The highest BCUT2D eigenvalue weighted by Gasteiger charge is 2.24. The van der Waals surface area contributed by atoms with Crippen LogP contribution in [0.2, 0.25) is 0 Å². The summed E-state index contributed by atoms with van der Waals surface area (Å²) in [6.07, 6.45) is 1.64. The third kappa shape index (κ3) is 7.14. The molecule has 0 bridgehead atoms. The maximum atomic E-state index is 11.4. The van der Waals surface area contributed by atoms with Gasteiger partial charge in [-0.1, -0.05) is 20.8 Å². The average molecular weight is 258 g/mol. The number of nitrogens with zero attached hydrogens (tertiary/aromatic N) is 1. The SMILES string of the molecule is CN(C)C(=O)NCCC(CCC(=O)O)C(C)(C)C. The molecule has 0 aliphatic rings. The third-order valence-electron chi connectivity index (χ3n) is 3.11. The number of hydrogen-bond acceptors (Lipinski definition) is 2. The van der Waals surface area contributed by atoms with Crippen molar-refractivity contribution >= 4 is 12.0 Å². The van der Waals surface area contributed by atoms with Gasteiger partial charge in [0.25, 0.3) is 0 Å². The van der Waals surface area contributed by atoms with E-state index >= 15 is 0 Å². The minimum Gasteiger partial charge on any atom is -0.481 e. The summed E-state index contributed by atoms with van der Waals surface area (Å²) < 4.78 is 0. The average Bonchev–Trinajstić information content (AvgIpc) is 2.20. The largest absolute Gasteiger partial charge is 0.481 e. The van der Waals surface area contributed by atoms with Crippen molar-refractivity contribution in [3.63, 3.8) is 0 Å². The standard InChI is InChI=1S/C13H26N2O3/c1-13(2,3)10(6-7-11(16)17)8-9-14-12(18)15(4)5/h10H,6-9H2,1-5H3,(H,14,18)(H,16,17). The van der Waals surface area contributed by atoms with Crippen LogP contribution in [0.1, 0.15) is 40.0 Å². The van der Waals surface area contributed by atoms with E-state index in [2.05, 4.69) is 26.1 Å². The highest BCUT2D eigenvalue weighted by atomic mass is 16.4. The zero-order chi connectivity index (χ0) is 14.3. The van der Waals surface area contributed by atoms with Crippen LogP contribution in [-0.2, 0) is 4.79 Å². The summed E-state index contributed by atoms with van der Waals surface area (Å²) in [4.78, 5) is 23.5. The second-order valence-corrected chi connectivity index (χ2v) is 5.91. The van der Waals surface area contributed by atoms with Gasteiger partial charge in [0.05, 0.1) is 0 Å². The molecule has 18 heavy (non-hydrogen) atoms. The summed E-state index contributed by atoms with van der Waals surface area (Å²) in [5.41, 5.74) is 0.0539. The lowest BCUT2D eigenvalue weighted by Gasteiger charge is -2.30. The van der Waals surface area contributed by atoms with Gasteiger partial charge in [-0.3, -0.25) is 4.79 Å². The Morgan fingerprint density at radius 2 is 1.78 bits per heavy atom. The Morgan fingerprint density at radius 1 is 1.22 bits per heavy atom. The topological polar surface area (TPSA) is 69.6 Å². The second kappa shape index (κ2) is 7.24. The van der Waals surface area contributed by atoms with Crippen LogP contribution in [0.25, 0.3) is 0 Å². The van der Waals surface area contributed by atoms with Gasteiger partial charge in [0.15, 0.2) is 0 Å². The Bertz CT molecular complexity index is 282. The van der Waals surface area contributed by atoms with E-state index in [1.807, 2.05) is 0 Å². The van der Waals surface area contributed by atoms with Gasteiger partial charge in [0.2, 0.25) is 0 Å². The molecular weight excluding hydrogens is 232 g/mol. The van der Waals surface area contributed by atoms with E-state index < -0.39 is 5.97 Å². The van der Waals surface area contributed by atoms with Gasteiger partial charge in [-0.05, 0) is 24.2 Å². The Morgan fingerprint density at radius 3 is 2.17 bits per heavy atom. The lowest BCUT2D eigenvalue weighted by atomic mass is 9.76. The van der Waals surface area contributed by atoms with Gasteiger partial charge in [-0.15, -0.1) is 0 Å². The minimum atomic E-state index is -0.762. The quantitative estimate of drug-likeness (QED) is 0.767. The predicted molar refractivity (Wildman–Crippen MR) is 71.5 cm³/mol. The smallest absolute Gasteiger partial charge is 0.316 e. The van der Waals surface area contributed by atoms with E-state index in [4.69, 9.17) is 5.11 Å². The molecule has 0 fully saturated rings. The van der Waals surface area contributed by atoms with E-state index in [9.17, 15) is 9.59 Å². The van der Waals surface area contributed by atoms with Gasteiger partial charge in [0.1, 0.15) is 0 Å². The fourth-order valence-electron chi connectivity index (χ4n) is 1.82. The molecule has 0 saturated heterocycles. The molecule has 0 heterocycles. The molecule has 2 N–H and O–H groups in total. The number of amides is 2. The number of hydrogen-bond donors (Lipinski definition) is 2. The van der Waals surface area contributed by atoms with Crippen LogP contribution in [0.5, 0.6) is 0 Å². The zero-order valence-corrected chi connectivity index (χ0v) is 12.1. The minimum absolute atomic E-state index is 0.0539. The van der Waals surface area contributed by atoms with E-state index in [0.717, 1.165) is 6.42 Å². The summed E-state index contributed by atoms with van der Waals surface area (Å²) in [5, 5.41) is 11.5. The maximum absolute atomic E-state index is 11.4. The Hall–Kier alpha value is -1.26. The normalized spacial score (nSPS) is 12.9. The van der Waals surface area contributed by atoms with E-state index in [1.54, 1.807) is 14.1 Å².